The predicted octanol–water partition coefficient (Wildman–Crippen LogP) is 3.72. The molecule has 0 spiro atoms. The molecule has 0 amide bonds. The number of hydrogen-bond donors (Lipinski definition) is 0. The van der Waals surface area contributed by atoms with Gasteiger partial charge in [0.15, 0.2) is 0 Å². The van der Waals surface area contributed by atoms with E-state index in [9.17, 15) is 0 Å². The molecule has 1 heteroatoms. The smallest absolute Gasteiger partial charge is 0.0619 e. The molecule has 0 nitrogen and oxygen atoms in total. The number of fused-ring (bicyclic) bond motifs is 1. The first-order valence-electron chi connectivity index (χ1n) is 4.44. The minimum Gasteiger partial charge on any atom is -0.117 e. The summed E-state index contributed by atoms with van der Waals surface area (Å²) in [6.45, 7) is 4.48. The molecule has 64 valence electrons. The van der Waals surface area contributed by atoms with Gasteiger partial charge in [0.25, 0.3) is 0 Å². The summed E-state index contributed by atoms with van der Waals surface area (Å²) in [4.78, 5) is 0. The highest BCUT2D eigenvalue weighted by molar-refractivity contribution is 6.21. The standard InChI is InChI=1S/C11H13Cl/c1-7-8(2)11(12)10-6-4-3-5-9(7)10/h3-8,11H,1-2H3. The molecule has 3 unspecified atom stereocenters. The maximum Gasteiger partial charge on any atom is 0.0619 e. The van der Waals surface area contributed by atoms with Crippen LogP contribution in [0.2, 0.25) is 0 Å². The summed E-state index contributed by atoms with van der Waals surface area (Å²) in [6.07, 6.45) is 0. The van der Waals surface area contributed by atoms with Crippen molar-refractivity contribution < 1.29 is 0 Å². The Bertz CT molecular complexity index is 264. The zero-order valence-electron chi connectivity index (χ0n) is 7.42. The molecule has 0 aliphatic heterocycles. The van der Waals surface area contributed by atoms with Crippen LogP contribution < -0.4 is 0 Å². The highest BCUT2D eigenvalue weighted by Crippen LogP contribution is 2.47. The molecule has 1 aromatic rings. The van der Waals surface area contributed by atoms with Crippen molar-refractivity contribution in [1.82, 2.24) is 0 Å². The maximum absolute atomic E-state index is 6.29. The van der Waals surface area contributed by atoms with Crippen molar-refractivity contribution in [3.05, 3.63) is 35.4 Å². The summed E-state index contributed by atoms with van der Waals surface area (Å²) in [5.41, 5.74) is 2.77. The first-order valence-corrected chi connectivity index (χ1v) is 4.88. The van der Waals surface area contributed by atoms with E-state index in [0.717, 1.165) is 0 Å². The van der Waals surface area contributed by atoms with Crippen molar-refractivity contribution in [3.63, 3.8) is 0 Å². The summed E-state index contributed by atoms with van der Waals surface area (Å²) < 4.78 is 0. The Morgan fingerprint density at radius 2 is 1.67 bits per heavy atom. The van der Waals surface area contributed by atoms with E-state index in [1.54, 1.807) is 0 Å². The third-order valence-electron chi connectivity index (χ3n) is 3.03. The van der Waals surface area contributed by atoms with Crippen LogP contribution in [0, 0.1) is 5.92 Å². The fourth-order valence-corrected chi connectivity index (χ4v) is 2.41. The van der Waals surface area contributed by atoms with Gasteiger partial charge in [0.05, 0.1) is 5.38 Å². The molecule has 3 atom stereocenters. The molecule has 0 radical (unpaired) electrons. The van der Waals surface area contributed by atoms with Crippen molar-refractivity contribution in [2.45, 2.75) is 25.1 Å². The average molecular weight is 181 g/mol. The fraction of sp³-hybridized carbons (Fsp3) is 0.455. The molecule has 0 heterocycles. The molecule has 2 rings (SSSR count). The average Bonchev–Trinajstić information content (AvgIpc) is 2.33. The molecule has 1 aliphatic rings. The first kappa shape index (κ1) is 8.12. The largest absolute Gasteiger partial charge is 0.117 e. The van der Waals surface area contributed by atoms with E-state index in [0.29, 0.717) is 11.8 Å². The maximum atomic E-state index is 6.29. The zero-order valence-corrected chi connectivity index (χ0v) is 8.18. The van der Waals surface area contributed by atoms with Gasteiger partial charge in [0.1, 0.15) is 0 Å². The second-order valence-corrected chi connectivity index (χ2v) is 4.15. The molecular weight excluding hydrogens is 168 g/mol. The molecule has 1 aliphatic carbocycles. The van der Waals surface area contributed by atoms with E-state index >= 15 is 0 Å². The topological polar surface area (TPSA) is 0 Å². The first-order chi connectivity index (χ1) is 5.72. The minimum atomic E-state index is 0.219. The van der Waals surface area contributed by atoms with E-state index in [1.807, 2.05) is 0 Å². The lowest BCUT2D eigenvalue weighted by Crippen LogP contribution is -2.00. The minimum absolute atomic E-state index is 0.219. The summed E-state index contributed by atoms with van der Waals surface area (Å²) in [7, 11) is 0. The van der Waals surface area contributed by atoms with Gasteiger partial charge in [-0.05, 0) is 23.0 Å². The molecule has 0 saturated heterocycles. The highest BCUT2D eigenvalue weighted by Gasteiger charge is 2.33. The Morgan fingerprint density at radius 1 is 1.08 bits per heavy atom. The van der Waals surface area contributed by atoms with Gasteiger partial charge in [0, 0.05) is 0 Å². The third-order valence-corrected chi connectivity index (χ3v) is 3.67. The molecule has 12 heavy (non-hydrogen) atoms. The van der Waals surface area contributed by atoms with E-state index in [-0.39, 0.29) is 5.38 Å². The lowest BCUT2D eigenvalue weighted by atomic mass is 9.97. The van der Waals surface area contributed by atoms with Gasteiger partial charge in [-0.1, -0.05) is 38.1 Å². The van der Waals surface area contributed by atoms with Crippen LogP contribution in [0.1, 0.15) is 36.3 Å². The van der Waals surface area contributed by atoms with Crippen LogP contribution in [0.5, 0.6) is 0 Å². The molecule has 0 fully saturated rings. The Balaban J connectivity index is 2.52. The summed E-state index contributed by atoms with van der Waals surface area (Å²) >= 11 is 6.29. The summed E-state index contributed by atoms with van der Waals surface area (Å²) in [6, 6.07) is 8.50. The quantitative estimate of drug-likeness (QED) is 0.534. The van der Waals surface area contributed by atoms with E-state index in [4.69, 9.17) is 11.6 Å². The van der Waals surface area contributed by atoms with Gasteiger partial charge in [-0.2, -0.15) is 0 Å². The van der Waals surface area contributed by atoms with Crippen LogP contribution in [0.15, 0.2) is 24.3 Å². The molecule has 0 bridgehead atoms. The third kappa shape index (κ3) is 0.980. The monoisotopic (exact) mass is 180 g/mol. The highest BCUT2D eigenvalue weighted by atomic mass is 35.5. The van der Waals surface area contributed by atoms with Crippen LogP contribution >= 0.6 is 11.6 Å². The molecule has 0 aromatic heterocycles. The number of hydrogen-bond acceptors (Lipinski definition) is 0. The van der Waals surface area contributed by atoms with Crippen molar-refractivity contribution in [2.24, 2.45) is 5.92 Å². The Morgan fingerprint density at radius 3 is 2.25 bits per heavy atom. The Labute approximate surface area is 78.6 Å². The lowest BCUT2D eigenvalue weighted by Gasteiger charge is -2.11. The van der Waals surface area contributed by atoms with Crippen LogP contribution in [0.4, 0.5) is 0 Å². The second kappa shape index (κ2) is 2.77. The van der Waals surface area contributed by atoms with Gasteiger partial charge >= 0.3 is 0 Å². The van der Waals surface area contributed by atoms with Gasteiger partial charge in [-0.15, -0.1) is 11.6 Å². The zero-order chi connectivity index (χ0) is 8.72. The molecular formula is C11H13Cl. The molecule has 1 aromatic carbocycles. The van der Waals surface area contributed by atoms with Crippen LogP contribution in [-0.2, 0) is 0 Å². The Hall–Kier alpha value is -0.490. The van der Waals surface area contributed by atoms with Crippen molar-refractivity contribution in [1.29, 1.82) is 0 Å². The summed E-state index contributed by atoms with van der Waals surface area (Å²) in [5, 5.41) is 0.219. The number of rotatable bonds is 0. The van der Waals surface area contributed by atoms with Crippen molar-refractivity contribution in [2.75, 3.05) is 0 Å². The normalized spacial score (nSPS) is 33.4. The van der Waals surface area contributed by atoms with Crippen molar-refractivity contribution >= 4 is 11.6 Å². The molecule has 0 saturated carbocycles. The van der Waals surface area contributed by atoms with Gasteiger partial charge in [-0.3, -0.25) is 0 Å². The van der Waals surface area contributed by atoms with Gasteiger partial charge in [0.2, 0.25) is 0 Å². The van der Waals surface area contributed by atoms with Crippen LogP contribution in [0.25, 0.3) is 0 Å². The Kier molecular flexibility index (Phi) is 1.88. The van der Waals surface area contributed by atoms with Gasteiger partial charge in [-0.25, -0.2) is 0 Å². The van der Waals surface area contributed by atoms with E-state index < -0.39 is 0 Å². The van der Waals surface area contributed by atoms with Crippen LogP contribution in [0.3, 0.4) is 0 Å². The van der Waals surface area contributed by atoms with Crippen molar-refractivity contribution in [3.8, 4) is 0 Å². The number of alkyl halides is 1. The second-order valence-electron chi connectivity index (χ2n) is 3.68. The predicted molar refractivity (Wildman–Crippen MR) is 52.6 cm³/mol. The van der Waals surface area contributed by atoms with Crippen LogP contribution in [-0.4, -0.2) is 0 Å². The fourth-order valence-electron chi connectivity index (χ4n) is 2.00. The number of halogens is 1. The SMILES string of the molecule is CC1c2ccccc2C(Cl)C1C. The van der Waals surface area contributed by atoms with E-state index in [1.165, 1.54) is 11.1 Å². The van der Waals surface area contributed by atoms with E-state index in [2.05, 4.69) is 38.1 Å². The molecule has 0 N–H and O–H groups in total. The summed E-state index contributed by atoms with van der Waals surface area (Å²) in [5.74, 6) is 1.19. The lowest BCUT2D eigenvalue weighted by molar-refractivity contribution is 0.519. The van der Waals surface area contributed by atoms with Gasteiger partial charge < -0.3 is 0 Å². The number of benzene rings is 1.